The predicted molar refractivity (Wildman–Crippen MR) is 98.6 cm³/mol. The predicted octanol–water partition coefficient (Wildman–Crippen LogP) is 2.89. The number of carbonyl (C=O) groups is 1. The molecule has 1 aromatic carbocycles. The fourth-order valence-electron chi connectivity index (χ4n) is 2.43. The Labute approximate surface area is 148 Å². The molecule has 1 amide bonds. The van der Waals surface area contributed by atoms with Crippen LogP contribution in [-0.4, -0.2) is 37.7 Å². The van der Waals surface area contributed by atoms with Gasteiger partial charge in [-0.3, -0.25) is 4.79 Å². The minimum Gasteiger partial charge on any atom is -0.493 e. The Bertz CT molecular complexity index is 717. The summed E-state index contributed by atoms with van der Waals surface area (Å²) in [5.41, 5.74) is 1.60. The van der Waals surface area contributed by atoms with Crippen LogP contribution >= 0.6 is 0 Å². The Hall–Kier alpha value is -2.76. The summed E-state index contributed by atoms with van der Waals surface area (Å²) in [4.78, 5) is 16.7. The van der Waals surface area contributed by atoms with Crippen molar-refractivity contribution in [3.8, 4) is 11.5 Å². The van der Waals surface area contributed by atoms with Crippen molar-refractivity contribution in [2.24, 2.45) is 0 Å². The number of aromatic nitrogens is 1. The van der Waals surface area contributed by atoms with Crippen molar-refractivity contribution in [3.05, 3.63) is 47.7 Å². The molecule has 134 valence electrons. The summed E-state index contributed by atoms with van der Waals surface area (Å²) in [7, 11) is 3.21. The molecular formula is C19H25N3O3. The summed E-state index contributed by atoms with van der Waals surface area (Å²) < 4.78 is 10.5. The summed E-state index contributed by atoms with van der Waals surface area (Å²) in [5.74, 6) is 1.83. The highest BCUT2D eigenvalue weighted by molar-refractivity contribution is 5.98. The molecule has 0 bridgehead atoms. The van der Waals surface area contributed by atoms with E-state index in [0.29, 0.717) is 35.8 Å². The zero-order chi connectivity index (χ0) is 18.2. The number of benzene rings is 1. The molecule has 2 N–H and O–H groups in total. The van der Waals surface area contributed by atoms with Crippen molar-refractivity contribution in [2.75, 3.05) is 26.1 Å². The fourth-order valence-corrected chi connectivity index (χ4v) is 2.43. The molecule has 6 nitrogen and oxygen atoms in total. The average Bonchev–Trinajstić information content (AvgIpc) is 2.61. The maximum Gasteiger partial charge on any atom is 0.255 e. The Morgan fingerprint density at radius 1 is 1.16 bits per heavy atom. The number of nitrogens with zero attached hydrogens (tertiary/aromatic N) is 1. The molecule has 0 unspecified atom stereocenters. The van der Waals surface area contributed by atoms with Crippen LogP contribution in [0.3, 0.4) is 0 Å². The van der Waals surface area contributed by atoms with Gasteiger partial charge in [-0.2, -0.15) is 0 Å². The zero-order valence-corrected chi connectivity index (χ0v) is 15.1. The molecule has 0 atom stereocenters. The van der Waals surface area contributed by atoms with Crippen molar-refractivity contribution < 1.29 is 14.3 Å². The highest BCUT2D eigenvalue weighted by Gasteiger charge is 2.12. The van der Waals surface area contributed by atoms with Gasteiger partial charge in [0.2, 0.25) is 0 Å². The van der Waals surface area contributed by atoms with E-state index in [-0.39, 0.29) is 11.9 Å². The number of carbonyl (C=O) groups excluding carboxylic acids is 1. The molecule has 0 radical (unpaired) electrons. The quantitative estimate of drug-likeness (QED) is 0.771. The molecule has 0 spiro atoms. The molecular weight excluding hydrogens is 318 g/mol. The first-order valence-electron chi connectivity index (χ1n) is 8.25. The number of anilines is 1. The Kier molecular flexibility index (Phi) is 6.62. The SMILES string of the molecule is COc1ccc(CCNC(=O)c2cccnc2NC(C)C)cc1OC. The van der Waals surface area contributed by atoms with Gasteiger partial charge in [0.15, 0.2) is 11.5 Å². The number of hydrogen-bond acceptors (Lipinski definition) is 5. The number of hydrogen-bond donors (Lipinski definition) is 2. The third-order valence-electron chi connectivity index (χ3n) is 3.62. The number of rotatable bonds is 8. The summed E-state index contributed by atoms with van der Waals surface area (Å²) in [6, 6.07) is 9.47. The van der Waals surface area contributed by atoms with Crippen molar-refractivity contribution >= 4 is 11.7 Å². The first kappa shape index (κ1) is 18.6. The second kappa shape index (κ2) is 8.92. The van der Waals surface area contributed by atoms with Crippen LogP contribution < -0.4 is 20.1 Å². The molecule has 0 aliphatic carbocycles. The van der Waals surface area contributed by atoms with Crippen LogP contribution in [0.25, 0.3) is 0 Å². The average molecular weight is 343 g/mol. The van der Waals surface area contributed by atoms with Crippen LogP contribution in [0.5, 0.6) is 11.5 Å². The lowest BCUT2D eigenvalue weighted by Crippen LogP contribution is -2.27. The Morgan fingerprint density at radius 2 is 1.92 bits per heavy atom. The van der Waals surface area contributed by atoms with Crippen LogP contribution in [0.4, 0.5) is 5.82 Å². The summed E-state index contributed by atoms with van der Waals surface area (Å²) in [5, 5.41) is 6.12. The summed E-state index contributed by atoms with van der Waals surface area (Å²) in [6.45, 7) is 4.53. The maximum absolute atomic E-state index is 12.4. The molecule has 6 heteroatoms. The van der Waals surface area contributed by atoms with Gasteiger partial charge < -0.3 is 20.1 Å². The van der Waals surface area contributed by atoms with E-state index < -0.39 is 0 Å². The molecule has 0 saturated heterocycles. The van der Waals surface area contributed by atoms with Gasteiger partial charge in [-0.15, -0.1) is 0 Å². The topological polar surface area (TPSA) is 72.5 Å². The molecule has 0 fully saturated rings. The van der Waals surface area contributed by atoms with Crippen LogP contribution in [0.15, 0.2) is 36.5 Å². The van der Waals surface area contributed by atoms with Gasteiger partial charge in [-0.1, -0.05) is 6.07 Å². The number of pyridine rings is 1. The van der Waals surface area contributed by atoms with E-state index in [2.05, 4.69) is 15.6 Å². The molecule has 2 aromatic rings. The van der Waals surface area contributed by atoms with Crippen molar-refractivity contribution in [2.45, 2.75) is 26.3 Å². The molecule has 25 heavy (non-hydrogen) atoms. The molecule has 2 rings (SSSR count). The first-order valence-corrected chi connectivity index (χ1v) is 8.25. The van der Waals surface area contributed by atoms with E-state index in [1.54, 1.807) is 32.5 Å². The third-order valence-corrected chi connectivity index (χ3v) is 3.62. The van der Waals surface area contributed by atoms with Gasteiger partial charge in [0.25, 0.3) is 5.91 Å². The van der Waals surface area contributed by atoms with Gasteiger partial charge in [0, 0.05) is 18.8 Å². The van der Waals surface area contributed by atoms with E-state index in [9.17, 15) is 4.79 Å². The van der Waals surface area contributed by atoms with Gasteiger partial charge in [0.05, 0.1) is 19.8 Å². The van der Waals surface area contributed by atoms with E-state index >= 15 is 0 Å². The largest absolute Gasteiger partial charge is 0.493 e. The van der Waals surface area contributed by atoms with Gasteiger partial charge in [0.1, 0.15) is 5.82 Å². The van der Waals surface area contributed by atoms with Gasteiger partial charge in [-0.05, 0) is 50.1 Å². The van der Waals surface area contributed by atoms with Gasteiger partial charge >= 0.3 is 0 Å². The molecule has 0 aliphatic rings. The lowest BCUT2D eigenvalue weighted by Gasteiger charge is -2.13. The summed E-state index contributed by atoms with van der Waals surface area (Å²) >= 11 is 0. The molecule has 1 aromatic heterocycles. The van der Waals surface area contributed by atoms with Gasteiger partial charge in [-0.25, -0.2) is 4.98 Å². The number of ether oxygens (including phenoxy) is 2. The van der Waals surface area contributed by atoms with E-state index in [1.807, 2.05) is 32.0 Å². The number of nitrogens with one attached hydrogen (secondary N) is 2. The first-order chi connectivity index (χ1) is 12.0. The van der Waals surface area contributed by atoms with Crippen molar-refractivity contribution in [1.82, 2.24) is 10.3 Å². The maximum atomic E-state index is 12.4. The monoisotopic (exact) mass is 343 g/mol. The highest BCUT2D eigenvalue weighted by atomic mass is 16.5. The van der Waals surface area contributed by atoms with Crippen molar-refractivity contribution in [1.29, 1.82) is 0 Å². The van der Waals surface area contributed by atoms with Crippen LogP contribution in [0, 0.1) is 0 Å². The standard InChI is InChI=1S/C19H25N3O3/c1-13(2)22-18-15(6-5-10-20-18)19(23)21-11-9-14-7-8-16(24-3)17(12-14)25-4/h5-8,10,12-13H,9,11H2,1-4H3,(H,20,22)(H,21,23). The normalized spacial score (nSPS) is 10.4. The van der Waals surface area contributed by atoms with E-state index in [4.69, 9.17) is 9.47 Å². The number of methoxy groups -OCH3 is 2. The third kappa shape index (κ3) is 5.11. The van der Waals surface area contributed by atoms with E-state index in [1.165, 1.54) is 0 Å². The molecule has 0 aliphatic heterocycles. The molecule has 0 saturated carbocycles. The lowest BCUT2D eigenvalue weighted by atomic mass is 10.1. The minimum atomic E-state index is -0.142. The second-order valence-corrected chi connectivity index (χ2v) is 5.89. The Morgan fingerprint density at radius 3 is 2.60 bits per heavy atom. The van der Waals surface area contributed by atoms with E-state index in [0.717, 1.165) is 5.56 Å². The zero-order valence-electron chi connectivity index (χ0n) is 15.1. The fraction of sp³-hybridized carbons (Fsp3) is 0.368. The highest BCUT2D eigenvalue weighted by Crippen LogP contribution is 2.27. The second-order valence-electron chi connectivity index (χ2n) is 5.89. The number of amides is 1. The summed E-state index contributed by atoms with van der Waals surface area (Å²) in [6.07, 6.45) is 2.37. The van der Waals surface area contributed by atoms with Crippen LogP contribution in [0.1, 0.15) is 29.8 Å². The van der Waals surface area contributed by atoms with Crippen LogP contribution in [-0.2, 0) is 6.42 Å². The minimum absolute atomic E-state index is 0.142. The van der Waals surface area contributed by atoms with Crippen molar-refractivity contribution in [3.63, 3.8) is 0 Å². The Balaban J connectivity index is 1.97. The molecule has 1 heterocycles. The van der Waals surface area contributed by atoms with Crippen LogP contribution in [0.2, 0.25) is 0 Å². The lowest BCUT2D eigenvalue weighted by molar-refractivity contribution is 0.0954. The smallest absolute Gasteiger partial charge is 0.255 e.